The molecule has 5 nitrogen and oxygen atoms in total. The van der Waals surface area contributed by atoms with Gasteiger partial charge in [-0.2, -0.15) is 13.2 Å². The molecule has 1 N–H and O–H groups in total. The molecular formula is C25H20ClF4N3O2S. The maximum Gasteiger partial charge on any atom is 0.416 e. The molecule has 1 heterocycles. The van der Waals surface area contributed by atoms with Crippen LogP contribution in [-0.4, -0.2) is 23.8 Å². The van der Waals surface area contributed by atoms with E-state index in [0.717, 1.165) is 23.9 Å². The summed E-state index contributed by atoms with van der Waals surface area (Å²) in [7, 11) is 2.93. The average molecular weight is 538 g/mol. The van der Waals surface area contributed by atoms with Crippen molar-refractivity contribution in [2.24, 2.45) is 0 Å². The lowest BCUT2D eigenvalue weighted by molar-refractivity contribution is -0.137. The zero-order chi connectivity index (χ0) is 26.0. The Balaban J connectivity index is 1.85. The van der Waals surface area contributed by atoms with Crippen LogP contribution in [0, 0.1) is 11.2 Å². The van der Waals surface area contributed by atoms with Crippen molar-refractivity contribution in [2.45, 2.75) is 23.6 Å². The molecule has 0 unspecified atom stereocenters. The van der Waals surface area contributed by atoms with Crippen LogP contribution in [0.3, 0.4) is 0 Å². The van der Waals surface area contributed by atoms with E-state index in [1.807, 2.05) is 0 Å². The monoisotopic (exact) mass is 537 g/mol. The van der Waals surface area contributed by atoms with Gasteiger partial charge in [0.1, 0.15) is 11.3 Å². The second-order valence-electron chi connectivity index (χ2n) is 7.74. The SMILES string of the molecule is COc1cc2nc(SCc3c(F)cccc3Cl)n(Cc3cccc(C(F)(F)F)c3)c(=N)c2cc1OC. The first-order valence-corrected chi connectivity index (χ1v) is 11.9. The van der Waals surface area contributed by atoms with Gasteiger partial charge >= 0.3 is 6.18 Å². The van der Waals surface area contributed by atoms with Gasteiger partial charge < -0.3 is 14.0 Å². The van der Waals surface area contributed by atoms with Crippen molar-refractivity contribution in [3.05, 3.63) is 87.6 Å². The van der Waals surface area contributed by atoms with Crippen LogP contribution >= 0.6 is 23.4 Å². The molecule has 0 aliphatic heterocycles. The van der Waals surface area contributed by atoms with Crippen molar-refractivity contribution in [3.63, 3.8) is 0 Å². The first-order valence-electron chi connectivity index (χ1n) is 10.6. The Kier molecular flexibility index (Phi) is 7.46. The third-order valence-corrected chi connectivity index (χ3v) is 6.83. The van der Waals surface area contributed by atoms with Crippen molar-refractivity contribution >= 4 is 34.3 Å². The minimum absolute atomic E-state index is 0.000459. The summed E-state index contributed by atoms with van der Waals surface area (Å²) in [6.07, 6.45) is -4.50. The first-order chi connectivity index (χ1) is 17.1. The van der Waals surface area contributed by atoms with Gasteiger partial charge in [0.15, 0.2) is 16.7 Å². The number of alkyl halides is 3. The third kappa shape index (κ3) is 5.29. The first kappa shape index (κ1) is 25.8. The van der Waals surface area contributed by atoms with Crippen molar-refractivity contribution in [2.75, 3.05) is 14.2 Å². The highest BCUT2D eigenvalue weighted by atomic mass is 35.5. The number of hydrogen-bond acceptors (Lipinski definition) is 5. The van der Waals surface area contributed by atoms with E-state index < -0.39 is 17.6 Å². The molecule has 0 aliphatic rings. The van der Waals surface area contributed by atoms with E-state index >= 15 is 0 Å². The number of benzene rings is 3. The predicted molar refractivity (Wildman–Crippen MR) is 130 cm³/mol. The molecule has 3 aromatic carbocycles. The molecule has 4 rings (SSSR count). The number of ether oxygens (including phenoxy) is 2. The van der Waals surface area contributed by atoms with Crippen LogP contribution in [-0.2, 0) is 18.5 Å². The van der Waals surface area contributed by atoms with Crippen molar-refractivity contribution < 1.29 is 27.0 Å². The minimum atomic E-state index is -4.50. The van der Waals surface area contributed by atoms with Crippen LogP contribution < -0.4 is 15.0 Å². The number of hydrogen-bond donors (Lipinski definition) is 1. The summed E-state index contributed by atoms with van der Waals surface area (Å²) in [4.78, 5) is 4.64. The van der Waals surface area contributed by atoms with Gasteiger partial charge in [-0.05, 0) is 35.9 Å². The van der Waals surface area contributed by atoms with Gasteiger partial charge in [-0.1, -0.05) is 41.6 Å². The topological polar surface area (TPSA) is 60.1 Å². The van der Waals surface area contributed by atoms with Gasteiger partial charge in [-0.25, -0.2) is 9.37 Å². The summed E-state index contributed by atoms with van der Waals surface area (Å²) in [5.74, 6) is 0.391. The minimum Gasteiger partial charge on any atom is -0.493 e. The van der Waals surface area contributed by atoms with E-state index in [2.05, 4.69) is 4.98 Å². The van der Waals surface area contributed by atoms with Crippen LogP contribution in [0.15, 0.2) is 59.8 Å². The lowest BCUT2D eigenvalue weighted by Gasteiger charge is -2.17. The Labute approximate surface area is 213 Å². The lowest BCUT2D eigenvalue weighted by Crippen LogP contribution is -2.24. The number of fused-ring (bicyclic) bond motifs is 1. The smallest absolute Gasteiger partial charge is 0.416 e. The summed E-state index contributed by atoms with van der Waals surface area (Å²) in [6.45, 7) is -0.0621. The normalized spacial score (nSPS) is 11.6. The van der Waals surface area contributed by atoms with E-state index in [9.17, 15) is 17.6 Å². The van der Waals surface area contributed by atoms with Gasteiger partial charge in [0.25, 0.3) is 0 Å². The average Bonchev–Trinajstić information content (AvgIpc) is 2.84. The van der Waals surface area contributed by atoms with Gasteiger partial charge in [-0.15, -0.1) is 0 Å². The molecule has 188 valence electrons. The number of thioether (sulfide) groups is 1. The quantitative estimate of drug-likeness (QED) is 0.162. The molecule has 0 saturated carbocycles. The molecule has 36 heavy (non-hydrogen) atoms. The molecule has 0 bridgehead atoms. The molecular weight excluding hydrogens is 518 g/mol. The van der Waals surface area contributed by atoms with E-state index in [1.165, 1.54) is 37.0 Å². The molecule has 4 aromatic rings. The van der Waals surface area contributed by atoms with Gasteiger partial charge in [0, 0.05) is 27.8 Å². The maximum atomic E-state index is 14.4. The van der Waals surface area contributed by atoms with Crippen molar-refractivity contribution in [3.8, 4) is 11.5 Å². The molecule has 0 spiro atoms. The maximum absolute atomic E-state index is 14.4. The molecule has 0 aliphatic carbocycles. The molecule has 0 fully saturated rings. The number of nitrogens with zero attached hydrogens (tertiary/aromatic N) is 2. The molecule has 0 saturated heterocycles. The van der Waals surface area contributed by atoms with Crippen LogP contribution in [0.4, 0.5) is 17.6 Å². The highest BCUT2D eigenvalue weighted by molar-refractivity contribution is 7.98. The second kappa shape index (κ2) is 10.4. The summed E-state index contributed by atoms with van der Waals surface area (Å²) in [5.41, 5.74) is 0.214. The number of halogens is 5. The highest BCUT2D eigenvalue weighted by Crippen LogP contribution is 2.33. The number of methoxy groups -OCH3 is 2. The second-order valence-corrected chi connectivity index (χ2v) is 9.09. The Bertz CT molecular complexity index is 1470. The van der Waals surface area contributed by atoms with Crippen LogP contribution in [0.2, 0.25) is 5.02 Å². The number of nitrogens with one attached hydrogen (secondary N) is 1. The summed E-state index contributed by atoms with van der Waals surface area (Å²) < 4.78 is 66.4. The van der Waals surface area contributed by atoms with Gasteiger partial charge in [-0.3, -0.25) is 5.41 Å². The van der Waals surface area contributed by atoms with Crippen LogP contribution in [0.25, 0.3) is 10.9 Å². The fraction of sp³-hybridized carbons (Fsp3) is 0.200. The van der Waals surface area contributed by atoms with Crippen molar-refractivity contribution in [1.82, 2.24) is 9.55 Å². The van der Waals surface area contributed by atoms with Crippen LogP contribution in [0.1, 0.15) is 16.7 Å². The highest BCUT2D eigenvalue weighted by Gasteiger charge is 2.30. The summed E-state index contributed by atoms with van der Waals surface area (Å²) >= 11 is 7.29. The Morgan fingerprint density at radius 2 is 1.72 bits per heavy atom. The predicted octanol–water partition coefficient (Wildman–Crippen LogP) is 6.68. The standard InChI is InChI=1S/C25H20ClF4N3O2S/c1-34-21-10-16-20(11-22(21)35-2)32-24(36-13-17-18(26)7-4-8-19(17)27)33(23(16)31)12-14-5-3-6-15(9-14)25(28,29)30/h3-11,31H,12-13H2,1-2H3. The van der Waals surface area contributed by atoms with E-state index in [1.54, 1.807) is 24.3 Å². The van der Waals surface area contributed by atoms with Gasteiger partial charge in [0.2, 0.25) is 0 Å². The fourth-order valence-corrected chi connectivity index (χ4v) is 5.00. The van der Waals surface area contributed by atoms with Crippen LogP contribution in [0.5, 0.6) is 11.5 Å². The lowest BCUT2D eigenvalue weighted by atomic mass is 10.1. The summed E-state index contributed by atoms with van der Waals surface area (Å²) in [6, 6.07) is 12.4. The van der Waals surface area contributed by atoms with E-state index in [-0.39, 0.29) is 28.4 Å². The number of rotatable bonds is 7. The zero-order valence-electron chi connectivity index (χ0n) is 19.1. The fourth-order valence-electron chi connectivity index (χ4n) is 3.65. The molecule has 0 radical (unpaired) electrons. The Morgan fingerprint density at radius 1 is 1.03 bits per heavy atom. The molecule has 11 heteroatoms. The van der Waals surface area contributed by atoms with E-state index in [4.69, 9.17) is 26.5 Å². The Hall–Kier alpha value is -3.24. The largest absolute Gasteiger partial charge is 0.493 e. The summed E-state index contributed by atoms with van der Waals surface area (Å²) in [5, 5.41) is 9.82. The number of aromatic nitrogens is 2. The molecule has 0 amide bonds. The van der Waals surface area contributed by atoms with Crippen molar-refractivity contribution in [1.29, 1.82) is 5.41 Å². The molecule has 0 atom stereocenters. The van der Waals surface area contributed by atoms with Gasteiger partial charge in [0.05, 0.1) is 31.8 Å². The van der Waals surface area contributed by atoms with E-state index in [0.29, 0.717) is 33.1 Å². The molecule has 1 aromatic heterocycles. The zero-order valence-corrected chi connectivity index (χ0v) is 20.7. The Morgan fingerprint density at radius 3 is 2.39 bits per heavy atom. The third-order valence-electron chi connectivity index (χ3n) is 5.48.